The van der Waals surface area contributed by atoms with Gasteiger partial charge in [0.05, 0.1) is 66.1 Å². The quantitative estimate of drug-likeness (QED) is 0.0812. The molecule has 2 atom stereocenters. The molecular weight excluding hydrogens is 592 g/mol. The average molecular weight is 635 g/mol. The van der Waals surface area contributed by atoms with Gasteiger partial charge in [-0.3, -0.25) is 0 Å². The van der Waals surface area contributed by atoms with Gasteiger partial charge in [-0.1, -0.05) is 24.3 Å². The van der Waals surface area contributed by atoms with Crippen LogP contribution in [0.2, 0.25) is 0 Å². The number of hydrogen-bond donors (Lipinski definition) is 0. The van der Waals surface area contributed by atoms with Gasteiger partial charge >= 0.3 is 0 Å². The molecule has 10 heteroatoms. The standard InChI is InChI=1S/C36H42O10/c1-5-31(41-15-13-37-9-11-39-23-35-25-45-35)19-27-3-7-33(21-29(1)27)43-17-18-44-34-8-4-28-20-32(6-2-30(28)22-34)42-16-14-38-10-12-40-24-36-26-46-36/h1-8,19-22,35-36H,9-18,23-26H2. The van der Waals surface area contributed by atoms with E-state index in [1.165, 1.54) is 0 Å². The van der Waals surface area contributed by atoms with E-state index in [1.807, 2.05) is 72.8 Å². The zero-order chi connectivity index (χ0) is 31.2. The van der Waals surface area contributed by atoms with E-state index in [2.05, 4.69) is 0 Å². The molecule has 2 aliphatic rings. The van der Waals surface area contributed by atoms with Crippen LogP contribution in [0.5, 0.6) is 23.0 Å². The van der Waals surface area contributed by atoms with Crippen molar-refractivity contribution in [2.24, 2.45) is 0 Å². The zero-order valence-electron chi connectivity index (χ0n) is 26.1. The summed E-state index contributed by atoms with van der Waals surface area (Å²) in [4.78, 5) is 0. The van der Waals surface area contributed by atoms with E-state index in [-0.39, 0.29) is 12.2 Å². The molecule has 0 aromatic heterocycles. The molecule has 10 nitrogen and oxygen atoms in total. The number of ether oxygens (including phenoxy) is 10. The van der Waals surface area contributed by atoms with Gasteiger partial charge < -0.3 is 47.4 Å². The molecule has 46 heavy (non-hydrogen) atoms. The number of epoxide rings is 2. The van der Waals surface area contributed by atoms with Crippen LogP contribution in [-0.2, 0) is 28.4 Å². The normalized spacial score (nSPS) is 16.9. The number of hydrogen-bond acceptors (Lipinski definition) is 10. The van der Waals surface area contributed by atoms with Crippen molar-refractivity contribution in [3.8, 4) is 23.0 Å². The summed E-state index contributed by atoms with van der Waals surface area (Å²) in [5.41, 5.74) is 0. The van der Waals surface area contributed by atoms with Crippen LogP contribution in [0.3, 0.4) is 0 Å². The van der Waals surface area contributed by atoms with Crippen LogP contribution in [0.15, 0.2) is 72.8 Å². The molecule has 4 aromatic carbocycles. The summed E-state index contributed by atoms with van der Waals surface area (Å²) in [6.45, 7) is 7.99. The molecule has 0 radical (unpaired) electrons. The minimum atomic E-state index is 0.285. The van der Waals surface area contributed by atoms with Crippen molar-refractivity contribution in [1.29, 1.82) is 0 Å². The van der Waals surface area contributed by atoms with Crippen LogP contribution in [0, 0.1) is 0 Å². The fourth-order valence-electron chi connectivity index (χ4n) is 4.72. The lowest BCUT2D eigenvalue weighted by molar-refractivity contribution is 0.0317. The van der Waals surface area contributed by atoms with E-state index < -0.39 is 0 Å². The van der Waals surface area contributed by atoms with Gasteiger partial charge in [0.2, 0.25) is 0 Å². The van der Waals surface area contributed by atoms with E-state index in [0.29, 0.717) is 79.3 Å². The highest BCUT2D eigenvalue weighted by Crippen LogP contribution is 2.27. The van der Waals surface area contributed by atoms with E-state index >= 15 is 0 Å². The monoisotopic (exact) mass is 634 g/mol. The first-order valence-corrected chi connectivity index (χ1v) is 15.9. The Morgan fingerprint density at radius 1 is 0.391 bits per heavy atom. The van der Waals surface area contributed by atoms with Crippen LogP contribution in [0.4, 0.5) is 0 Å². The predicted octanol–water partition coefficient (Wildman–Crippen LogP) is 5.07. The minimum absolute atomic E-state index is 0.285. The first-order chi connectivity index (χ1) is 22.8. The second kappa shape index (κ2) is 17.3. The summed E-state index contributed by atoms with van der Waals surface area (Å²) >= 11 is 0. The highest BCUT2D eigenvalue weighted by molar-refractivity contribution is 5.86. The predicted molar refractivity (Wildman–Crippen MR) is 173 cm³/mol. The Hall–Kier alpha value is -3.64. The third-order valence-corrected chi connectivity index (χ3v) is 7.34. The van der Waals surface area contributed by atoms with Crippen molar-refractivity contribution in [3.63, 3.8) is 0 Å². The minimum Gasteiger partial charge on any atom is -0.491 e. The van der Waals surface area contributed by atoms with Crippen LogP contribution in [0.25, 0.3) is 21.5 Å². The first-order valence-electron chi connectivity index (χ1n) is 15.9. The Morgan fingerprint density at radius 3 is 1.00 bits per heavy atom. The largest absolute Gasteiger partial charge is 0.491 e. The molecule has 0 N–H and O–H groups in total. The molecule has 2 saturated heterocycles. The summed E-state index contributed by atoms with van der Waals surface area (Å²) in [5, 5.41) is 4.32. The molecule has 0 saturated carbocycles. The van der Waals surface area contributed by atoms with Crippen molar-refractivity contribution >= 4 is 21.5 Å². The van der Waals surface area contributed by atoms with Crippen LogP contribution < -0.4 is 18.9 Å². The van der Waals surface area contributed by atoms with Crippen molar-refractivity contribution in [3.05, 3.63) is 72.8 Å². The van der Waals surface area contributed by atoms with Gasteiger partial charge in [-0.2, -0.15) is 0 Å². The molecule has 2 heterocycles. The van der Waals surface area contributed by atoms with Crippen molar-refractivity contribution in [1.82, 2.24) is 0 Å². The average Bonchev–Trinajstić information content (AvgIpc) is 4.02. The summed E-state index contributed by atoms with van der Waals surface area (Å²) < 4.78 is 55.8. The number of benzene rings is 4. The molecular formula is C36H42O10. The van der Waals surface area contributed by atoms with Gasteiger partial charge in [0, 0.05) is 0 Å². The highest BCUT2D eigenvalue weighted by Gasteiger charge is 2.22. The fraction of sp³-hybridized carbons (Fsp3) is 0.444. The van der Waals surface area contributed by atoms with E-state index in [1.54, 1.807) is 0 Å². The molecule has 0 bridgehead atoms. The highest BCUT2D eigenvalue weighted by atomic mass is 16.6. The Balaban J connectivity index is 0.851. The first kappa shape index (κ1) is 32.3. The van der Waals surface area contributed by atoms with Crippen molar-refractivity contribution < 1.29 is 47.4 Å². The smallest absolute Gasteiger partial charge is 0.122 e. The van der Waals surface area contributed by atoms with E-state index in [9.17, 15) is 0 Å². The Labute approximate surface area is 269 Å². The van der Waals surface area contributed by atoms with Gasteiger partial charge in [0.25, 0.3) is 0 Å². The molecule has 246 valence electrons. The maximum absolute atomic E-state index is 5.96. The Bertz CT molecular complexity index is 1390. The number of rotatable bonds is 23. The summed E-state index contributed by atoms with van der Waals surface area (Å²) in [5.74, 6) is 3.20. The van der Waals surface area contributed by atoms with Gasteiger partial charge in [0.15, 0.2) is 0 Å². The lowest BCUT2D eigenvalue weighted by atomic mass is 10.1. The molecule has 0 spiro atoms. The molecule has 0 amide bonds. The summed E-state index contributed by atoms with van der Waals surface area (Å²) in [6, 6.07) is 24.1. The Kier molecular flexibility index (Phi) is 12.2. The van der Waals surface area contributed by atoms with E-state index in [0.717, 1.165) is 57.8 Å². The van der Waals surface area contributed by atoms with E-state index in [4.69, 9.17) is 47.4 Å². The van der Waals surface area contributed by atoms with Crippen LogP contribution in [0.1, 0.15) is 0 Å². The maximum atomic E-state index is 5.96. The fourth-order valence-corrected chi connectivity index (χ4v) is 4.72. The summed E-state index contributed by atoms with van der Waals surface area (Å²) in [7, 11) is 0. The van der Waals surface area contributed by atoms with Gasteiger partial charge in [0.1, 0.15) is 61.6 Å². The van der Waals surface area contributed by atoms with Crippen molar-refractivity contribution in [2.45, 2.75) is 12.2 Å². The zero-order valence-corrected chi connectivity index (χ0v) is 26.1. The molecule has 2 aliphatic heterocycles. The van der Waals surface area contributed by atoms with Gasteiger partial charge in [-0.05, 0) is 70.1 Å². The second-order valence-electron chi connectivity index (χ2n) is 11.0. The SMILES string of the molecule is c1cc2cc(OCCOc3ccc4cc(OCCOCCOCC5CO5)ccc4c3)ccc2cc1OCCOCCOCC1CO1. The molecule has 2 unspecified atom stereocenters. The lowest BCUT2D eigenvalue weighted by Gasteiger charge is -2.11. The van der Waals surface area contributed by atoms with Crippen LogP contribution >= 0.6 is 0 Å². The second-order valence-corrected chi connectivity index (χ2v) is 11.0. The molecule has 6 rings (SSSR count). The van der Waals surface area contributed by atoms with Gasteiger partial charge in [-0.25, -0.2) is 0 Å². The van der Waals surface area contributed by atoms with Crippen molar-refractivity contribution in [2.75, 3.05) is 92.5 Å². The number of fused-ring (bicyclic) bond motifs is 2. The Morgan fingerprint density at radius 2 is 0.674 bits per heavy atom. The molecule has 4 aromatic rings. The van der Waals surface area contributed by atoms with Gasteiger partial charge in [-0.15, -0.1) is 0 Å². The summed E-state index contributed by atoms with van der Waals surface area (Å²) in [6.07, 6.45) is 0.570. The third-order valence-electron chi connectivity index (χ3n) is 7.34. The molecule has 2 fully saturated rings. The maximum Gasteiger partial charge on any atom is 0.122 e. The topological polar surface area (TPSA) is 98.9 Å². The molecule has 0 aliphatic carbocycles. The lowest BCUT2D eigenvalue weighted by Crippen LogP contribution is -2.12. The van der Waals surface area contributed by atoms with Crippen LogP contribution in [-0.4, -0.2) is 105 Å². The third kappa shape index (κ3) is 11.0.